The zero-order valence-electron chi connectivity index (χ0n) is 15.1. The van der Waals surface area contributed by atoms with Crippen molar-refractivity contribution in [3.8, 4) is 0 Å². The van der Waals surface area contributed by atoms with Crippen molar-refractivity contribution in [2.45, 2.75) is 13.5 Å². The third-order valence-electron chi connectivity index (χ3n) is 5.06. The maximum Gasteiger partial charge on any atom is 0.0214 e. The predicted octanol–water partition coefficient (Wildman–Crippen LogP) is 5.15. The monoisotopic (exact) mass is 337 g/mol. The highest BCUT2D eigenvalue weighted by Gasteiger charge is 2.07. The Morgan fingerprint density at radius 1 is 0.846 bits per heavy atom. The Hall–Kier alpha value is -2.90. The highest BCUT2D eigenvalue weighted by Crippen LogP contribution is 2.27. The van der Waals surface area contributed by atoms with Crippen LogP contribution >= 0.6 is 0 Å². The maximum atomic E-state index is 4.08. The third kappa shape index (κ3) is 3.02. The zero-order chi connectivity index (χ0) is 17.9. The first-order chi connectivity index (χ1) is 12.8. The normalized spacial score (nSPS) is 12.5. The van der Waals surface area contributed by atoms with Gasteiger partial charge in [0, 0.05) is 13.1 Å². The van der Waals surface area contributed by atoms with Gasteiger partial charge in [0.25, 0.3) is 0 Å². The lowest BCUT2D eigenvalue weighted by molar-refractivity contribution is 0.768. The molecule has 0 aromatic heterocycles. The van der Waals surface area contributed by atoms with E-state index in [1.807, 2.05) is 12.1 Å². The summed E-state index contributed by atoms with van der Waals surface area (Å²) in [6.45, 7) is 7.93. The van der Waals surface area contributed by atoms with Crippen LogP contribution in [0, 0.1) is 6.92 Å². The fraction of sp³-hybridized carbons (Fsp3) is 0.120. The number of hydrogen-bond donors (Lipinski definition) is 1. The van der Waals surface area contributed by atoms with Gasteiger partial charge in [0.1, 0.15) is 0 Å². The summed E-state index contributed by atoms with van der Waals surface area (Å²) in [6.07, 6.45) is 1.99. The molecule has 4 aromatic carbocycles. The number of benzene rings is 4. The predicted molar refractivity (Wildman–Crippen MR) is 113 cm³/mol. The topological polar surface area (TPSA) is 12.0 Å². The van der Waals surface area contributed by atoms with Crippen molar-refractivity contribution in [3.63, 3.8) is 0 Å². The van der Waals surface area contributed by atoms with Crippen LogP contribution in [0.2, 0.25) is 0 Å². The van der Waals surface area contributed by atoms with Gasteiger partial charge >= 0.3 is 0 Å². The molecule has 0 saturated heterocycles. The summed E-state index contributed by atoms with van der Waals surface area (Å²) in [7, 11) is 0. The van der Waals surface area contributed by atoms with Gasteiger partial charge in [-0.3, -0.25) is 0 Å². The standard InChI is InChI=1S/C25H23N/c1-3-20(17-26-16-19-8-5-4-6-9-19)23-15-14-22-11-7-10-21-13-12-18(2)24(23)25(21)22/h3-15,26H,1,16-17H2,2H3/b23-20+. The number of nitrogens with one attached hydrogen (secondary N) is 1. The first kappa shape index (κ1) is 16.6. The second kappa shape index (κ2) is 7.15. The molecule has 0 bridgehead atoms. The zero-order valence-corrected chi connectivity index (χ0v) is 15.1. The van der Waals surface area contributed by atoms with Gasteiger partial charge in [0.15, 0.2) is 0 Å². The number of rotatable bonds is 5. The minimum atomic E-state index is 0.802. The van der Waals surface area contributed by atoms with E-state index in [4.69, 9.17) is 0 Å². The maximum absolute atomic E-state index is 4.08. The summed E-state index contributed by atoms with van der Waals surface area (Å²) in [4.78, 5) is 0. The fourth-order valence-electron chi connectivity index (χ4n) is 3.74. The van der Waals surface area contributed by atoms with Crippen molar-refractivity contribution in [1.29, 1.82) is 0 Å². The van der Waals surface area contributed by atoms with Crippen LogP contribution in [0.4, 0.5) is 0 Å². The van der Waals surface area contributed by atoms with E-state index in [-0.39, 0.29) is 0 Å². The third-order valence-corrected chi connectivity index (χ3v) is 5.06. The summed E-state index contributed by atoms with van der Waals surface area (Å²) in [5, 5.41) is 10.1. The van der Waals surface area contributed by atoms with Crippen molar-refractivity contribution >= 4 is 27.1 Å². The van der Waals surface area contributed by atoms with Gasteiger partial charge < -0.3 is 5.32 Å². The molecule has 1 heteroatoms. The Bertz CT molecular complexity index is 1110. The lowest BCUT2D eigenvalue weighted by atomic mass is 9.94. The summed E-state index contributed by atoms with van der Waals surface area (Å²) in [5.41, 5.74) is 3.85. The fourth-order valence-corrected chi connectivity index (χ4v) is 3.74. The molecule has 0 aliphatic heterocycles. The number of hydrogen-bond acceptors (Lipinski definition) is 1. The van der Waals surface area contributed by atoms with E-state index in [0.29, 0.717) is 0 Å². The van der Waals surface area contributed by atoms with Crippen LogP contribution in [0.15, 0.2) is 85.5 Å². The van der Waals surface area contributed by atoms with Crippen LogP contribution in [-0.2, 0) is 6.54 Å². The first-order valence-corrected chi connectivity index (χ1v) is 9.09. The first-order valence-electron chi connectivity index (χ1n) is 9.09. The highest BCUT2D eigenvalue weighted by atomic mass is 14.8. The average Bonchev–Trinajstić information content (AvgIpc) is 2.69. The SMILES string of the molecule is C=C/C(CNCc1ccccc1)=c1/ccc2cccc3ccc(C)c1c32. The van der Waals surface area contributed by atoms with Crippen molar-refractivity contribution in [2.24, 2.45) is 0 Å². The largest absolute Gasteiger partial charge is 0.309 e. The van der Waals surface area contributed by atoms with Gasteiger partial charge in [-0.05, 0) is 50.4 Å². The lowest BCUT2D eigenvalue weighted by Gasteiger charge is -2.12. The molecular formula is C25H23N. The molecule has 0 spiro atoms. The van der Waals surface area contributed by atoms with Crippen LogP contribution in [0.25, 0.3) is 27.1 Å². The molecule has 128 valence electrons. The Morgan fingerprint density at radius 3 is 2.31 bits per heavy atom. The van der Waals surface area contributed by atoms with Gasteiger partial charge in [0.2, 0.25) is 0 Å². The average molecular weight is 337 g/mol. The van der Waals surface area contributed by atoms with Crippen LogP contribution < -0.4 is 10.5 Å². The Balaban J connectivity index is 1.80. The van der Waals surface area contributed by atoms with Gasteiger partial charge in [-0.25, -0.2) is 0 Å². The molecule has 4 rings (SSSR count). The molecule has 4 aromatic rings. The van der Waals surface area contributed by atoms with E-state index < -0.39 is 0 Å². The molecule has 1 N–H and O–H groups in total. The number of aryl methyl sites for hydroxylation is 1. The molecule has 0 fully saturated rings. The Labute approximate surface area is 154 Å². The molecule has 0 atom stereocenters. The van der Waals surface area contributed by atoms with Crippen LogP contribution in [-0.4, -0.2) is 6.54 Å². The molecule has 0 unspecified atom stereocenters. The summed E-state index contributed by atoms with van der Waals surface area (Å²) >= 11 is 0. The molecule has 0 amide bonds. The smallest absolute Gasteiger partial charge is 0.0214 e. The van der Waals surface area contributed by atoms with E-state index >= 15 is 0 Å². The Morgan fingerprint density at radius 2 is 1.58 bits per heavy atom. The molecule has 0 saturated carbocycles. The van der Waals surface area contributed by atoms with Crippen molar-refractivity contribution < 1.29 is 0 Å². The van der Waals surface area contributed by atoms with E-state index in [1.165, 1.54) is 43.5 Å². The molecule has 26 heavy (non-hydrogen) atoms. The van der Waals surface area contributed by atoms with E-state index in [1.54, 1.807) is 0 Å². The van der Waals surface area contributed by atoms with E-state index in [9.17, 15) is 0 Å². The van der Waals surface area contributed by atoms with Gasteiger partial charge in [-0.15, -0.1) is 0 Å². The Kier molecular flexibility index (Phi) is 4.55. The van der Waals surface area contributed by atoms with Gasteiger partial charge in [-0.1, -0.05) is 85.5 Å². The second-order valence-electron chi connectivity index (χ2n) is 6.77. The van der Waals surface area contributed by atoms with Gasteiger partial charge in [0.05, 0.1) is 0 Å². The van der Waals surface area contributed by atoms with Crippen molar-refractivity contribution in [3.05, 3.63) is 102 Å². The molecular weight excluding hydrogens is 314 g/mol. The van der Waals surface area contributed by atoms with E-state index in [2.05, 4.69) is 85.5 Å². The highest BCUT2D eigenvalue weighted by molar-refractivity contribution is 6.11. The molecule has 0 aliphatic carbocycles. The minimum Gasteiger partial charge on any atom is -0.309 e. The minimum absolute atomic E-state index is 0.802. The molecule has 1 nitrogen and oxygen atoms in total. The van der Waals surface area contributed by atoms with Crippen LogP contribution in [0.1, 0.15) is 11.1 Å². The van der Waals surface area contributed by atoms with Crippen LogP contribution in [0.5, 0.6) is 0 Å². The van der Waals surface area contributed by atoms with Crippen molar-refractivity contribution in [1.82, 2.24) is 5.32 Å². The quantitative estimate of drug-likeness (QED) is 0.531. The van der Waals surface area contributed by atoms with Gasteiger partial charge in [-0.2, -0.15) is 0 Å². The lowest BCUT2D eigenvalue weighted by Crippen LogP contribution is -2.20. The second-order valence-corrected chi connectivity index (χ2v) is 6.77. The summed E-state index contributed by atoms with van der Waals surface area (Å²) in [5.74, 6) is 0. The molecule has 0 aliphatic rings. The van der Waals surface area contributed by atoms with Crippen LogP contribution in [0.3, 0.4) is 0 Å². The van der Waals surface area contributed by atoms with Crippen molar-refractivity contribution in [2.75, 3.05) is 6.54 Å². The van der Waals surface area contributed by atoms with E-state index in [0.717, 1.165) is 13.1 Å². The summed E-state index contributed by atoms with van der Waals surface area (Å²) < 4.78 is 0. The summed E-state index contributed by atoms with van der Waals surface area (Å²) in [6, 6.07) is 25.9. The molecule has 0 heterocycles. The molecule has 0 radical (unpaired) electrons.